The summed E-state index contributed by atoms with van der Waals surface area (Å²) in [5.74, 6) is 0. The summed E-state index contributed by atoms with van der Waals surface area (Å²) < 4.78 is 2.67. The summed E-state index contributed by atoms with van der Waals surface area (Å²) in [6.07, 6.45) is 0. The van der Waals surface area contributed by atoms with Crippen molar-refractivity contribution in [3.05, 3.63) is 40.6 Å². The molecule has 0 saturated heterocycles. The van der Waals surface area contributed by atoms with Gasteiger partial charge in [0.15, 0.2) is 0 Å². The molecule has 2 aromatic heterocycles. The molecule has 0 spiro atoms. The molecule has 0 atom stereocenters. The molecule has 0 fully saturated rings. The third-order valence-corrected chi connectivity index (χ3v) is 5.43. The van der Waals surface area contributed by atoms with Crippen molar-refractivity contribution in [3.63, 3.8) is 0 Å². The Labute approximate surface area is 134 Å². The standard InChI is InChI=1S/C11H9Cl4NS2/c1-2-16-9(5-3-7(12)17-10(5)14)6-4-8(13)18-11(6)15/h3-4,9,16H,2H2,1H3. The molecule has 7 heteroatoms. The fourth-order valence-electron chi connectivity index (χ4n) is 1.69. The Bertz CT molecular complexity index is 503. The highest BCUT2D eigenvalue weighted by atomic mass is 35.5. The number of hydrogen-bond acceptors (Lipinski definition) is 3. The Morgan fingerprint density at radius 1 is 1.00 bits per heavy atom. The Morgan fingerprint density at radius 2 is 1.44 bits per heavy atom. The predicted molar refractivity (Wildman–Crippen MR) is 84.2 cm³/mol. The summed E-state index contributed by atoms with van der Waals surface area (Å²) in [5.41, 5.74) is 1.87. The van der Waals surface area contributed by atoms with Crippen molar-refractivity contribution in [3.8, 4) is 0 Å². The number of nitrogens with one attached hydrogen (secondary N) is 1. The van der Waals surface area contributed by atoms with Crippen LogP contribution in [-0.2, 0) is 0 Å². The van der Waals surface area contributed by atoms with Crippen molar-refractivity contribution in [1.29, 1.82) is 0 Å². The molecular weight excluding hydrogens is 352 g/mol. The first kappa shape index (κ1) is 14.9. The van der Waals surface area contributed by atoms with Crippen molar-refractivity contribution in [2.75, 3.05) is 6.54 Å². The van der Waals surface area contributed by atoms with Gasteiger partial charge in [0.1, 0.15) is 0 Å². The van der Waals surface area contributed by atoms with E-state index in [9.17, 15) is 0 Å². The van der Waals surface area contributed by atoms with Gasteiger partial charge in [0.25, 0.3) is 0 Å². The second-order valence-corrected chi connectivity index (χ2v) is 8.12. The highest BCUT2D eigenvalue weighted by Crippen LogP contribution is 2.42. The van der Waals surface area contributed by atoms with Gasteiger partial charge in [0.05, 0.1) is 23.4 Å². The van der Waals surface area contributed by atoms with Gasteiger partial charge in [-0.3, -0.25) is 0 Å². The lowest BCUT2D eigenvalue weighted by Crippen LogP contribution is -2.21. The van der Waals surface area contributed by atoms with Crippen LogP contribution in [0.15, 0.2) is 12.1 Å². The molecule has 0 amide bonds. The van der Waals surface area contributed by atoms with Gasteiger partial charge in [-0.15, -0.1) is 22.7 Å². The van der Waals surface area contributed by atoms with Gasteiger partial charge < -0.3 is 5.32 Å². The molecule has 2 heterocycles. The molecule has 0 saturated carbocycles. The lowest BCUT2D eigenvalue weighted by atomic mass is 10.0. The maximum atomic E-state index is 6.21. The van der Waals surface area contributed by atoms with Gasteiger partial charge in [-0.25, -0.2) is 0 Å². The third-order valence-electron chi connectivity index (χ3n) is 2.40. The zero-order valence-electron chi connectivity index (χ0n) is 9.27. The summed E-state index contributed by atoms with van der Waals surface area (Å²) in [7, 11) is 0. The summed E-state index contributed by atoms with van der Waals surface area (Å²) in [4.78, 5) is 0. The summed E-state index contributed by atoms with van der Waals surface area (Å²) in [6.45, 7) is 2.81. The lowest BCUT2D eigenvalue weighted by Gasteiger charge is -2.17. The molecule has 2 rings (SSSR count). The van der Waals surface area contributed by atoms with Crippen molar-refractivity contribution in [2.45, 2.75) is 13.0 Å². The zero-order valence-corrected chi connectivity index (χ0v) is 13.9. The van der Waals surface area contributed by atoms with Crippen molar-refractivity contribution in [1.82, 2.24) is 5.32 Å². The summed E-state index contributed by atoms with van der Waals surface area (Å²) >= 11 is 27.1. The third kappa shape index (κ3) is 3.15. The molecule has 0 aromatic carbocycles. The minimum absolute atomic E-state index is 0.0810. The fourth-order valence-corrected chi connectivity index (χ4v) is 4.76. The van der Waals surface area contributed by atoms with Crippen molar-refractivity contribution < 1.29 is 0 Å². The number of halogens is 4. The molecule has 18 heavy (non-hydrogen) atoms. The summed E-state index contributed by atoms with van der Waals surface area (Å²) in [6, 6.07) is 3.65. The van der Waals surface area contributed by atoms with Gasteiger partial charge in [-0.05, 0) is 18.7 Å². The Balaban J connectivity index is 2.46. The van der Waals surface area contributed by atoms with E-state index in [1.165, 1.54) is 22.7 Å². The zero-order chi connectivity index (χ0) is 13.3. The van der Waals surface area contributed by atoms with E-state index in [0.29, 0.717) is 17.3 Å². The first-order valence-corrected chi connectivity index (χ1v) is 8.30. The van der Waals surface area contributed by atoms with Gasteiger partial charge in [0.2, 0.25) is 0 Å². The molecular formula is C11H9Cl4NS2. The first-order valence-electron chi connectivity index (χ1n) is 5.15. The van der Waals surface area contributed by atoms with Crippen LogP contribution in [0.2, 0.25) is 17.3 Å². The van der Waals surface area contributed by atoms with E-state index in [0.717, 1.165) is 17.7 Å². The molecule has 0 radical (unpaired) electrons. The molecule has 1 N–H and O–H groups in total. The van der Waals surface area contributed by atoms with Crippen LogP contribution in [0.4, 0.5) is 0 Å². The molecule has 0 aliphatic rings. The molecule has 0 unspecified atom stereocenters. The van der Waals surface area contributed by atoms with E-state index < -0.39 is 0 Å². The van der Waals surface area contributed by atoms with Crippen LogP contribution in [0.1, 0.15) is 24.1 Å². The average molecular weight is 361 g/mol. The van der Waals surface area contributed by atoms with Crippen LogP contribution in [0.25, 0.3) is 0 Å². The normalized spacial score (nSPS) is 11.4. The molecule has 0 aliphatic heterocycles. The second kappa shape index (κ2) is 6.31. The maximum absolute atomic E-state index is 6.21. The highest BCUT2D eigenvalue weighted by molar-refractivity contribution is 7.20. The summed E-state index contributed by atoms with van der Waals surface area (Å²) in [5, 5.41) is 3.35. The van der Waals surface area contributed by atoms with Crippen LogP contribution in [0.3, 0.4) is 0 Å². The van der Waals surface area contributed by atoms with Crippen LogP contribution in [0, 0.1) is 0 Å². The van der Waals surface area contributed by atoms with Gasteiger partial charge in [-0.1, -0.05) is 53.3 Å². The largest absolute Gasteiger partial charge is 0.306 e. The van der Waals surface area contributed by atoms with E-state index in [2.05, 4.69) is 5.32 Å². The second-order valence-electron chi connectivity index (χ2n) is 3.55. The Morgan fingerprint density at radius 3 is 1.72 bits per heavy atom. The van der Waals surface area contributed by atoms with Gasteiger partial charge >= 0.3 is 0 Å². The molecule has 98 valence electrons. The minimum atomic E-state index is -0.0810. The number of rotatable bonds is 4. The fraction of sp³-hybridized carbons (Fsp3) is 0.273. The van der Waals surface area contributed by atoms with Crippen molar-refractivity contribution >= 4 is 69.1 Å². The topological polar surface area (TPSA) is 12.0 Å². The van der Waals surface area contributed by atoms with Crippen molar-refractivity contribution in [2.24, 2.45) is 0 Å². The van der Waals surface area contributed by atoms with Gasteiger partial charge in [0, 0.05) is 11.1 Å². The number of hydrogen-bond donors (Lipinski definition) is 1. The van der Waals surface area contributed by atoms with Gasteiger partial charge in [-0.2, -0.15) is 0 Å². The van der Waals surface area contributed by atoms with Crippen LogP contribution in [-0.4, -0.2) is 6.54 Å². The van der Waals surface area contributed by atoms with Crippen LogP contribution < -0.4 is 5.32 Å². The molecule has 2 aromatic rings. The van der Waals surface area contributed by atoms with E-state index in [4.69, 9.17) is 46.4 Å². The minimum Gasteiger partial charge on any atom is -0.306 e. The monoisotopic (exact) mass is 359 g/mol. The smallest absolute Gasteiger partial charge is 0.0995 e. The first-order chi connectivity index (χ1) is 8.52. The van der Waals surface area contributed by atoms with E-state index in [1.54, 1.807) is 0 Å². The quantitative estimate of drug-likeness (QED) is 0.692. The Hall–Kier alpha value is 0.520. The van der Waals surface area contributed by atoms with E-state index in [1.807, 2.05) is 19.1 Å². The lowest BCUT2D eigenvalue weighted by molar-refractivity contribution is 0.634. The molecule has 1 nitrogen and oxygen atoms in total. The highest BCUT2D eigenvalue weighted by Gasteiger charge is 2.22. The number of thiophene rings is 2. The molecule has 0 aliphatic carbocycles. The average Bonchev–Trinajstić information content (AvgIpc) is 2.78. The van der Waals surface area contributed by atoms with E-state index >= 15 is 0 Å². The maximum Gasteiger partial charge on any atom is 0.0995 e. The predicted octanol–water partition coefficient (Wildman–Crippen LogP) is 6.12. The SMILES string of the molecule is CCNC(c1cc(Cl)sc1Cl)c1cc(Cl)sc1Cl. The van der Waals surface area contributed by atoms with Crippen LogP contribution >= 0.6 is 69.1 Å². The van der Waals surface area contributed by atoms with E-state index in [-0.39, 0.29) is 6.04 Å². The van der Waals surface area contributed by atoms with Crippen LogP contribution in [0.5, 0.6) is 0 Å². The Kier molecular flexibility index (Phi) is 5.23. The molecule has 0 bridgehead atoms.